The van der Waals surface area contributed by atoms with Gasteiger partial charge in [-0.05, 0) is 73.5 Å². The van der Waals surface area contributed by atoms with Crippen molar-refractivity contribution in [2.45, 2.75) is 43.9 Å². The molecular formula is C26H32N4O2. The minimum atomic E-state index is -0.168. The molecule has 0 N–H and O–H groups in total. The molecule has 1 aromatic carbocycles. The lowest BCUT2D eigenvalue weighted by Gasteiger charge is -2.62. The Kier molecular flexibility index (Phi) is 4.67. The van der Waals surface area contributed by atoms with Crippen LogP contribution in [0.25, 0.3) is 0 Å². The Morgan fingerprint density at radius 3 is 2.34 bits per heavy atom. The number of carbonyl (C=O) groups is 1. The van der Waals surface area contributed by atoms with E-state index in [1.165, 1.54) is 24.8 Å². The van der Waals surface area contributed by atoms with Crippen LogP contribution in [-0.2, 0) is 10.2 Å². The molecule has 0 unspecified atom stereocenters. The molecule has 6 heteroatoms. The van der Waals surface area contributed by atoms with Gasteiger partial charge in [0, 0.05) is 38.6 Å². The molecule has 7 rings (SSSR count). The average molecular weight is 433 g/mol. The second-order valence-electron chi connectivity index (χ2n) is 10.6. The smallest absolute Gasteiger partial charge is 0.228 e. The normalized spacial score (nSPS) is 33.4. The highest BCUT2D eigenvalue weighted by Crippen LogP contribution is 2.66. The molecule has 1 aliphatic heterocycles. The fraction of sp³-hybridized carbons (Fsp3) is 0.577. The van der Waals surface area contributed by atoms with Crippen LogP contribution >= 0.6 is 0 Å². The zero-order valence-electron chi connectivity index (χ0n) is 18.9. The van der Waals surface area contributed by atoms with E-state index in [-0.39, 0.29) is 10.8 Å². The Labute approximate surface area is 190 Å². The number of hydrogen-bond donors (Lipinski definition) is 0. The largest absolute Gasteiger partial charge is 0.497 e. The summed E-state index contributed by atoms with van der Waals surface area (Å²) < 4.78 is 5.39. The minimum absolute atomic E-state index is 0.160. The number of methoxy groups -OCH3 is 1. The monoisotopic (exact) mass is 432 g/mol. The van der Waals surface area contributed by atoms with Gasteiger partial charge in [0.25, 0.3) is 0 Å². The van der Waals surface area contributed by atoms with Crippen LogP contribution in [0.2, 0.25) is 0 Å². The molecule has 0 radical (unpaired) electrons. The fourth-order valence-electron chi connectivity index (χ4n) is 7.72. The van der Waals surface area contributed by atoms with E-state index in [1.807, 2.05) is 6.20 Å². The second-order valence-corrected chi connectivity index (χ2v) is 10.6. The van der Waals surface area contributed by atoms with Crippen molar-refractivity contribution in [2.75, 3.05) is 38.2 Å². The van der Waals surface area contributed by atoms with E-state index in [0.717, 1.165) is 57.0 Å². The number of benzene rings is 1. The average Bonchev–Trinajstić information content (AvgIpc) is 2.83. The lowest BCUT2D eigenvalue weighted by atomic mass is 9.42. The zero-order chi connectivity index (χ0) is 21.8. The van der Waals surface area contributed by atoms with Crippen LogP contribution in [0.4, 0.5) is 5.82 Å². The van der Waals surface area contributed by atoms with Gasteiger partial charge in [-0.25, -0.2) is 4.98 Å². The van der Waals surface area contributed by atoms with E-state index in [2.05, 4.69) is 44.0 Å². The van der Waals surface area contributed by atoms with Crippen molar-refractivity contribution < 1.29 is 9.53 Å². The van der Waals surface area contributed by atoms with Crippen LogP contribution in [0, 0.1) is 17.3 Å². The Hall–Kier alpha value is -2.63. The highest BCUT2D eigenvalue weighted by Gasteiger charge is 2.61. The summed E-state index contributed by atoms with van der Waals surface area (Å²) in [6, 6.07) is 8.69. The first-order chi connectivity index (χ1) is 15.6. The fourth-order valence-corrected chi connectivity index (χ4v) is 7.72. The van der Waals surface area contributed by atoms with Crippen LogP contribution in [0.5, 0.6) is 5.75 Å². The Morgan fingerprint density at radius 1 is 1.00 bits per heavy atom. The van der Waals surface area contributed by atoms with Crippen LogP contribution in [0.1, 0.15) is 44.1 Å². The Morgan fingerprint density at radius 2 is 1.72 bits per heavy atom. The molecule has 1 saturated heterocycles. The molecule has 4 saturated carbocycles. The van der Waals surface area contributed by atoms with Crippen molar-refractivity contribution in [1.29, 1.82) is 0 Å². The van der Waals surface area contributed by atoms with Gasteiger partial charge in [0.1, 0.15) is 11.6 Å². The number of hydrogen-bond acceptors (Lipinski definition) is 5. The molecule has 5 aliphatic rings. The summed E-state index contributed by atoms with van der Waals surface area (Å²) in [7, 11) is 1.72. The van der Waals surface area contributed by atoms with Crippen LogP contribution in [0.15, 0.2) is 42.9 Å². The predicted molar refractivity (Wildman–Crippen MR) is 123 cm³/mol. The number of aromatic nitrogens is 2. The standard InChI is InChI=1S/C26H32N4O2/c1-32-22-4-2-21(3-5-22)25-13-19-12-20(14-25)16-26(15-19,18-25)24(31)30-10-8-29(9-11-30)23-17-27-6-7-28-23/h2-7,17,19-20H,8-16,18H2,1H3/t19-,20-,25?,26?/m1/s1. The molecule has 168 valence electrons. The number of rotatable bonds is 4. The molecule has 5 fully saturated rings. The van der Waals surface area contributed by atoms with Gasteiger partial charge in [0.2, 0.25) is 5.91 Å². The van der Waals surface area contributed by atoms with E-state index >= 15 is 0 Å². The number of piperazine rings is 1. The molecule has 2 aromatic rings. The SMILES string of the molecule is COc1ccc(C23C[C@H]4C[C@@H](CC(C(=O)N5CCN(c6cnccn6)CC5)(C4)C2)C3)cc1. The highest BCUT2D eigenvalue weighted by atomic mass is 16.5. The molecular weight excluding hydrogens is 400 g/mol. The first kappa shape index (κ1) is 20.0. The van der Waals surface area contributed by atoms with Crippen molar-refractivity contribution in [2.24, 2.45) is 17.3 Å². The van der Waals surface area contributed by atoms with Crippen LogP contribution in [-0.4, -0.2) is 54.1 Å². The molecule has 2 heterocycles. The van der Waals surface area contributed by atoms with Gasteiger partial charge in [-0.15, -0.1) is 0 Å². The van der Waals surface area contributed by atoms with Gasteiger partial charge in [-0.3, -0.25) is 9.78 Å². The maximum Gasteiger partial charge on any atom is 0.228 e. The summed E-state index contributed by atoms with van der Waals surface area (Å²) in [4.78, 5) is 27.1. The zero-order valence-corrected chi connectivity index (χ0v) is 18.9. The summed E-state index contributed by atoms with van der Waals surface area (Å²) in [5, 5.41) is 0. The number of ether oxygens (including phenoxy) is 1. The van der Waals surface area contributed by atoms with E-state index in [9.17, 15) is 4.79 Å². The number of anilines is 1. The van der Waals surface area contributed by atoms with Crippen molar-refractivity contribution in [3.8, 4) is 5.75 Å². The molecule has 4 bridgehead atoms. The molecule has 2 atom stereocenters. The van der Waals surface area contributed by atoms with E-state index in [1.54, 1.807) is 19.5 Å². The maximum atomic E-state index is 14.0. The quantitative estimate of drug-likeness (QED) is 0.738. The summed E-state index contributed by atoms with van der Waals surface area (Å²) in [6.07, 6.45) is 12.2. The molecule has 32 heavy (non-hydrogen) atoms. The van der Waals surface area contributed by atoms with E-state index < -0.39 is 0 Å². The van der Waals surface area contributed by atoms with E-state index in [4.69, 9.17) is 4.74 Å². The second kappa shape index (κ2) is 7.46. The van der Waals surface area contributed by atoms with Gasteiger partial charge in [-0.1, -0.05) is 12.1 Å². The van der Waals surface area contributed by atoms with Gasteiger partial charge < -0.3 is 14.5 Å². The maximum absolute atomic E-state index is 14.0. The molecule has 0 spiro atoms. The summed E-state index contributed by atoms with van der Waals surface area (Å²) in [6.45, 7) is 3.22. The summed E-state index contributed by atoms with van der Waals surface area (Å²) >= 11 is 0. The van der Waals surface area contributed by atoms with Crippen LogP contribution in [0.3, 0.4) is 0 Å². The van der Waals surface area contributed by atoms with Crippen molar-refractivity contribution in [3.63, 3.8) is 0 Å². The minimum Gasteiger partial charge on any atom is -0.497 e. The molecule has 1 aromatic heterocycles. The van der Waals surface area contributed by atoms with Gasteiger partial charge in [-0.2, -0.15) is 0 Å². The predicted octanol–water partition coefficient (Wildman–Crippen LogP) is 3.67. The first-order valence-electron chi connectivity index (χ1n) is 12.0. The van der Waals surface area contributed by atoms with Crippen molar-refractivity contribution >= 4 is 11.7 Å². The summed E-state index contributed by atoms with van der Waals surface area (Å²) in [5.41, 5.74) is 1.41. The Bertz CT molecular complexity index is 971. The highest BCUT2D eigenvalue weighted by molar-refractivity contribution is 5.84. The molecule has 6 nitrogen and oxygen atoms in total. The third-order valence-electron chi connectivity index (χ3n) is 8.66. The first-order valence-corrected chi connectivity index (χ1v) is 12.0. The van der Waals surface area contributed by atoms with Crippen molar-refractivity contribution in [1.82, 2.24) is 14.9 Å². The number of carbonyl (C=O) groups excluding carboxylic acids is 1. The van der Waals surface area contributed by atoms with Gasteiger partial charge in [0.05, 0.1) is 18.7 Å². The summed E-state index contributed by atoms with van der Waals surface area (Å²) in [5.74, 6) is 3.60. The van der Waals surface area contributed by atoms with Crippen molar-refractivity contribution in [3.05, 3.63) is 48.4 Å². The van der Waals surface area contributed by atoms with Crippen LogP contribution < -0.4 is 9.64 Å². The topological polar surface area (TPSA) is 58.6 Å². The molecule has 1 amide bonds. The van der Waals surface area contributed by atoms with E-state index in [0.29, 0.717) is 17.7 Å². The number of amides is 1. The lowest BCUT2D eigenvalue weighted by Crippen LogP contribution is -2.61. The third-order valence-corrected chi connectivity index (χ3v) is 8.66. The van der Waals surface area contributed by atoms with Gasteiger partial charge in [0.15, 0.2) is 0 Å². The lowest BCUT2D eigenvalue weighted by molar-refractivity contribution is -0.160. The van der Waals surface area contributed by atoms with Gasteiger partial charge >= 0.3 is 0 Å². The third kappa shape index (κ3) is 3.18. The number of nitrogens with zero attached hydrogens (tertiary/aromatic N) is 4. The Balaban J connectivity index is 1.22. The molecule has 4 aliphatic carbocycles.